The minimum atomic E-state index is 0.900. The van der Waals surface area contributed by atoms with Crippen LogP contribution in [0.25, 0.3) is 98.8 Å². The van der Waals surface area contributed by atoms with Crippen molar-refractivity contribution in [2.24, 2.45) is 0 Å². The summed E-state index contributed by atoms with van der Waals surface area (Å²) in [5.74, 6) is 0. The van der Waals surface area contributed by atoms with Crippen LogP contribution in [-0.2, 0) is 0 Å². The van der Waals surface area contributed by atoms with E-state index in [2.05, 4.69) is 264 Å². The summed E-state index contributed by atoms with van der Waals surface area (Å²) < 4.78 is 2.43. The number of fused-ring (bicyclic) bond motifs is 7. The lowest BCUT2D eigenvalue weighted by Crippen LogP contribution is -2.18. The summed E-state index contributed by atoms with van der Waals surface area (Å²) in [7, 11) is 0. The molecule has 0 saturated carbocycles. The molecule has 0 fully saturated rings. The van der Waals surface area contributed by atoms with E-state index in [1.54, 1.807) is 0 Å². The Morgan fingerprint density at radius 2 is 0.868 bits per heavy atom. The van der Waals surface area contributed by atoms with E-state index < -0.39 is 0 Å². The fraction of sp³-hybridized carbons (Fsp3) is 0.0303. The van der Waals surface area contributed by atoms with Crippen molar-refractivity contribution in [1.29, 1.82) is 0 Å². The van der Waals surface area contributed by atoms with E-state index in [1.807, 2.05) is 0 Å². The highest BCUT2D eigenvalue weighted by Crippen LogP contribution is 2.45. The second kappa shape index (κ2) is 16.6. The topological polar surface area (TPSA) is 8.17 Å². The number of aromatic nitrogens is 1. The van der Waals surface area contributed by atoms with Crippen molar-refractivity contribution in [2.75, 3.05) is 4.90 Å². The molecule has 0 saturated heterocycles. The molecule has 2 nitrogen and oxygen atoms in total. The molecule has 12 aromatic rings. The van der Waals surface area contributed by atoms with Crippen LogP contribution in [0.4, 0.5) is 11.4 Å². The number of para-hydroxylation sites is 1. The maximum atomic E-state index is 2.50. The van der Waals surface area contributed by atoms with Crippen molar-refractivity contribution in [1.82, 2.24) is 4.57 Å². The Hall–Kier alpha value is -8.72. The summed E-state index contributed by atoms with van der Waals surface area (Å²) in [6.07, 6.45) is 6.54. The van der Waals surface area contributed by atoms with E-state index >= 15 is 0 Å². The molecular weight excluding hydrogens is 821 g/mol. The van der Waals surface area contributed by atoms with Gasteiger partial charge in [-0.25, -0.2) is 0 Å². The van der Waals surface area contributed by atoms with Gasteiger partial charge in [0.05, 0.1) is 11.0 Å². The first-order valence-electron chi connectivity index (χ1n) is 23.7. The molecular formula is C66H46N2. The van der Waals surface area contributed by atoms with Crippen molar-refractivity contribution in [2.45, 2.75) is 12.8 Å². The van der Waals surface area contributed by atoms with E-state index in [0.29, 0.717) is 0 Å². The van der Waals surface area contributed by atoms with Crippen molar-refractivity contribution in [3.05, 3.63) is 266 Å². The maximum Gasteiger partial charge on any atom is 0.0547 e. The molecule has 320 valence electrons. The molecule has 0 spiro atoms. The van der Waals surface area contributed by atoms with Crippen LogP contribution < -0.4 is 4.90 Å². The fourth-order valence-electron chi connectivity index (χ4n) is 10.9. The molecule has 0 unspecified atom stereocenters. The van der Waals surface area contributed by atoms with Gasteiger partial charge in [-0.05, 0) is 144 Å². The Bertz CT molecular complexity index is 3940. The molecule has 1 heterocycles. The van der Waals surface area contributed by atoms with Crippen LogP contribution in [0.3, 0.4) is 0 Å². The standard InChI is InChI=1S/C66H46N2/c1-3-15-48(16-4-1)61-27-13-29-63-65(61)66-62(28-14-30-64(66)68(63)53-21-5-2-6-22-53)51-20-11-23-55(43-51)67(56-41-42-60-52(44-56)36-35-49-18-8-10-25-58(49)60)54-39-37-46(38-40-54)45-31-33-50(34-32-45)59-26-12-19-47-17-7-9-24-57(47)59/h1-37,39,41-44H,38,40H2. The number of anilines is 2. The van der Waals surface area contributed by atoms with Crippen LogP contribution >= 0.6 is 0 Å². The van der Waals surface area contributed by atoms with E-state index in [9.17, 15) is 0 Å². The molecule has 0 N–H and O–H groups in total. The number of allylic oxidation sites excluding steroid dienone is 4. The maximum absolute atomic E-state index is 2.50. The number of rotatable bonds is 8. The van der Waals surface area contributed by atoms with Gasteiger partial charge in [-0.3, -0.25) is 0 Å². The summed E-state index contributed by atoms with van der Waals surface area (Å²) in [6, 6.07) is 89.0. The molecule has 1 aromatic heterocycles. The largest absolute Gasteiger partial charge is 0.314 e. The Kier molecular flexibility index (Phi) is 9.68. The van der Waals surface area contributed by atoms with E-state index in [1.165, 1.54) is 104 Å². The number of nitrogens with zero attached hydrogens (tertiary/aromatic N) is 2. The van der Waals surface area contributed by atoms with Crippen molar-refractivity contribution in [3.63, 3.8) is 0 Å². The number of benzene rings is 11. The van der Waals surface area contributed by atoms with Crippen LogP contribution in [0, 0.1) is 0 Å². The van der Waals surface area contributed by atoms with Crippen LogP contribution in [0.15, 0.2) is 261 Å². The Morgan fingerprint density at radius 3 is 1.62 bits per heavy atom. The normalized spacial score (nSPS) is 12.8. The Morgan fingerprint density at radius 1 is 0.324 bits per heavy atom. The van der Waals surface area contributed by atoms with E-state index in [4.69, 9.17) is 0 Å². The average Bonchev–Trinajstić information content (AvgIpc) is 3.76. The van der Waals surface area contributed by atoms with Crippen molar-refractivity contribution < 1.29 is 0 Å². The zero-order valence-corrected chi connectivity index (χ0v) is 37.6. The fourth-order valence-corrected chi connectivity index (χ4v) is 10.9. The molecule has 2 heteroatoms. The molecule has 1 aliphatic rings. The van der Waals surface area contributed by atoms with Gasteiger partial charge in [0.25, 0.3) is 0 Å². The van der Waals surface area contributed by atoms with Crippen LogP contribution in [-0.4, -0.2) is 4.57 Å². The smallest absolute Gasteiger partial charge is 0.0547 e. The lowest BCUT2D eigenvalue weighted by Gasteiger charge is -2.30. The highest BCUT2D eigenvalue weighted by atomic mass is 15.1. The lowest BCUT2D eigenvalue weighted by atomic mass is 9.92. The summed E-state index contributed by atoms with van der Waals surface area (Å²) in [5, 5.41) is 10.1. The third-order valence-corrected chi connectivity index (χ3v) is 14.1. The van der Waals surface area contributed by atoms with Crippen LogP contribution in [0.5, 0.6) is 0 Å². The third kappa shape index (κ3) is 6.81. The second-order valence-corrected chi connectivity index (χ2v) is 18.0. The quantitative estimate of drug-likeness (QED) is 0.138. The van der Waals surface area contributed by atoms with Gasteiger partial charge in [0.15, 0.2) is 0 Å². The average molecular weight is 867 g/mol. The zero-order chi connectivity index (χ0) is 45.0. The molecule has 68 heavy (non-hydrogen) atoms. The van der Waals surface area contributed by atoms with Gasteiger partial charge in [0.1, 0.15) is 0 Å². The first-order valence-corrected chi connectivity index (χ1v) is 23.7. The van der Waals surface area contributed by atoms with Gasteiger partial charge in [-0.1, -0.05) is 200 Å². The molecule has 0 aliphatic heterocycles. The van der Waals surface area contributed by atoms with Gasteiger partial charge < -0.3 is 9.47 Å². The monoisotopic (exact) mass is 866 g/mol. The molecule has 0 bridgehead atoms. The number of hydrogen-bond donors (Lipinski definition) is 0. The first kappa shape index (κ1) is 39.6. The Labute approximate surface area is 396 Å². The minimum Gasteiger partial charge on any atom is -0.314 e. The minimum absolute atomic E-state index is 0.900. The summed E-state index contributed by atoms with van der Waals surface area (Å²) in [6.45, 7) is 0. The van der Waals surface area contributed by atoms with Gasteiger partial charge in [-0.2, -0.15) is 0 Å². The summed E-state index contributed by atoms with van der Waals surface area (Å²) >= 11 is 0. The summed E-state index contributed by atoms with van der Waals surface area (Å²) in [4.78, 5) is 2.50. The predicted molar refractivity (Wildman–Crippen MR) is 290 cm³/mol. The highest BCUT2D eigenvalue weighted by Gasteiger charge is 2.23. The van der Waals surface area contributed by atoms with E-state index in [-0.39, 0.29) is 0 Å². The summed E-state index contributed by atoms with van der Waals surface area (Å²) in [5.41, 5.74) is 17.1. The van der Waals surface area contributed by atoms with Gasteiger partial charge in [-0.15, -0.1) is 0 Å². The molecule has 1 aliphatic carbocycles. The van der Waals surface area contributed by atoms with Crippen molar-refractivity contribution in [3.8, 4) is 39.1 Å². The molecule has 13 rings (SSSR count). The molecule has 0 atom stereocenters. The Balaban J connectivity index is 0.954. The van der Waals surface area contributed by atoms with Gasteiger partial charge in [0.2, 0.25) is 0 Å². The van der Waals surface area contributed by atoms with E-state index in [0.717, 1.165) is 29.9 Å². The zero-order valence-electron chi connectivity index (χ0n) is 37.6. The highest BCUT2D eigenvalue weighted by molar-refractivity contribution is 6.21. The molecule has 11 aromatic carbocycles. The molecule has 0 amide bonds. The van der Waals surface area contributed by atoms with Crippen LogP contribution in [0.2, 0.25) is 0 Å². The van der Waals surface area contributed by atoms with Crippen molar-refractivity contribution >= 4 is 71.1 Å². The SMILES string of the molecule is C1=C(c2ccc(-c3cccc4ccccc34)cc2)CCC(N(c2cccc(-c3cccc4c3c3c(-c5ccccc5)cccc3n4-c3ccccc3)c2)c2ccc3c(ccc4ccccc43)c2)=C1. The van der Waals surface area contributed by atoms with Gasteiger partial charge in [0, 0.05) is 33.5 Å². The first-order chi connectivity index (χ1) is 33.7. The number of hydrogen-bond acceptors (Lipinski definition) is 1. The second-order valence-electron chi connectivity index (χ2n) is 18.0. The molecule has 0 radical (unpaired) electrons. The van der Waals surface area contributed by atoms with Crippen LogP contribution in [0.1, 0.15) is 18.4 Å². The third-order valence-electron chi connectivity index (χ3n) is 14.1. The lowest BCUT2D eigenvalue weighted by molar-refractivity contribution is 0.930. The van der Waals surface area contributed by atoms with Gasteiger partial charge >= 0.3 is 0 Å². The predicted octanol–water partition coefficient (Wildman–Crippen LogP) is 18.1.